The van der Waals surface area contributed by atoms with Crippen LogP contribution < -0.4 is 0 Å². The maximum Gasteiger partial charge on any atom is 0 e. The van der Waals surface area contributed by atoms with Crippen molar-refractivity contribution in [2.75, 3.05) is 0 Å². The van der Waals surface area contributed by atoms with E-state index in [1.165, 1.54) is 19.3 Å². The van der Waals surface area contributed by atoms with Crippen LogP contribution in [0.2, 0.25) is 0 Å². The Labute approximate surface area is 86.0 Å². The molecule has 0 fully saturated rings. The molecule has 0 radical (unpaired) electrons. The third-order valence-corrected chi connectivity index (χ3v) is 1.29. The Bertz CT molecular complexity index is 89.4. The minimum Gasteiger partial charge on any atom is -0.358 e. The van der Waals surface area contributed by atoms with E-state index in [2.05, 4.69) is 18.2 Å². The summed E-state index contributed by atoms with van der Waals surface area (Å²) < 4.78 is 0. The van der Waals surface area contributed by atoms with Crippen LogP contribution in [0.3, 0.4) is 0 Å². The minimum atomic E-state index is 0. The van der Waals surface area contributed by atoms with Crippen LogP contribution in [0, 0.1) is 20.9 Å². The van der Waals surface area contributed by atoms with Gasteiger partial charge < -0.3 is 14.9 Å². The first-order valence-electron chi connectivity index (χ1n) is 3.22. The van der Waals surface area contributed by atoms with E-state index in [9.17, 15) is 0 Å². The summed E-state index contributed by atoms with van der Waals surface area (Å²) >= 11 is 0. The van der Waals surface area contributed by atoms with E-state index >= 15 is 0 Å². The smallest absolute Gasteiger partial charge is 0 e. The Morgan fingerprint density at radius 3 is 2.55 bits per heavy atom. The number of allylic oxidation sites excluding steroid dienone is 4. The molecule has 0 aromatic heterocycles. The standard InChI is InChI=1S/C8H11.2CH3.Pt/c1-2-4-6-8-7-5-3-1;;;/h1-3H,4,6-8H2;2*1H3;/q3*-1;/b2-1-;;;. The van der Waals surface area contributed by atoms with Gasteiger partial charge in [-0.1, -0.05) is 19.3 Å². The molecule has 0 heterocycles. The van der Waals surface area contributed by atoms with Gasteiger partial charge in [-0.2, -0.15) is 6.08 Å². The van der Waals surface area contributed by atoms with Gasteiger partial charge in [0.2, 0.25) is 0 Å². The van der Waals surface area contributed by atoms with Gasteiger partial charge in [0.15, 0.2) is 0 Å². The van der Waals surface area contributed by atoms with E-state index in [0.717, 1.165) is 6.42 Å². The van der Waals surface area contributed by atoms with Crippen molar-refractivity contribution in [2.24, 2.45) is 0 Å². The molecule has 0 nitrogen and oxygen atoms in total. The van der Waals surface area contributed by atoms with Crippen molar-refractivity contribution in [1.82, 2.24) is 0 Å². The summed E-state index contributed by atoms with van der Waals surface area (Å²) in [4.78, 5) is 0. The second kappa shape index (κ2) is 12.8. The van der Waals surface area contributed by atoms with Gasteiger partial charge in [-0.3, -0.25) is 6.08 Å². The monoisotopic (exact) mass is 332 g/mol. The van der Waals surface area contributed by atoms with Gasteiger partial charge in [-0.05, 0) is 0 Å². The molecule has 1 aliphatic carbocycles. The van der Waals surface area contributed by atoms with Crippen LogP contribution in [0.25, 0.3) is 0 Å². The van der Waals surface area contributed by atoms with E-state index in [1.54, 1.807) is 0 Å². The number of hydrogen-bond acceptors (Lipinski definition) is 0. The van der Waals surface area contributed by atoms with Gasteiger partial charge in [-0.15, -0.1) is 6.42 Å². The van der Waals surface area contributed by atoms with Crippen LogP contribution in [0.15, 0.2) is 18.2 Å². The molecule has 0 aliphatic heterocycles. The zero-order chi connectivity index (χ0) is 5.66. The summed E-state index contributed by atoms with van der Waals surface area (Å²) in [5, 5.41) is 0. The molecule has 0 bridgehead atoms. The molecule has 0 atom stereocenters. The molecule has 11 heavy (non-hydrogen) atoms. The molecule has 1 heteroatoms. The Hall–Kier alpha value is 0.168. The third kappa shape index (κ3) is 10.2. The first-order valence-corrected chi connectivity index (χ1v) is 3.22. The molecule has 0 spiro atoms. The Balaban J connectivity index is -0.000000213. The normalized spacial score (nSPS) is 17.5. The van der Waals surface area contributed by atoms with Crippen LogP contribution in [-0.4, -0.2) is 0 Å². The first-order chi connectivity index (χ1) is 4.00. The van der Waals surface area contributed by atoms with Crippen LogP contribution in [0.4, 0.5) is 0 Å². The zero-order valence-corrected chi connectivity index (χ0v) is 9.65. The molecule has 70 valence electrons. The molecule has 1 aliphatic rings. The summed E-state index contributed by atoms with van der Waals surface area (Å²) in [6, 6.07) is 0. The summed E-state index contributed by atoms with van der Waals surface area (Å²) in [6.07, 6.45) is 14.5. The van der Waals surface area contributed by atoms with Crippen molar-refractivity contribution >= 4 is 0 Å². The average molecular weight is 332 g/mol. The number of hydrogen-bond donors (Lipinski definition) is 0. The van der Waals surface area contributed by atoms with E-state index in [4.69, 9.17) is 0 Å². The summed E-state index contributed by atoms with van der Waals surface area (Å²) in [5.74, 6) is 0. The van der Waals surface area contributed by atoms with Crippen LogP contribution in [-0.2, 0) is 21.1 Å². The van der Waals surface area contributed by atoms with Gasteiger partial charge in [0.25, 0.3) is 0 Å². The van der Waals surface area contributed by atoms with Crippen LogP contribution >= 0.6 is 0 Å². The molecular weight excluding hydrogens is 315 g/mol. The molecule has 0 aromatic carbocycles. The molecule has 0 unspecified atom stereocenters. The Morgan fingerprint density at radius 1 is 1.09 bits per heavy atom. The molecular formula is C10H17Pt-3. The van der Waals surface area contributed by atoms with E-state index in [1.807, 2.05) is 6.08 Å². The van der Waals surface area contributed by atoms with Gasteiger partial charge in [0.05, 0.1) is 0 Å². The fraction of sp³-hybridized carbons (Fsp3) is 0.400. The van der Waals surface area contributed by atoms with Crippen molar-refractivity contribution in [2.45, 2.75) is 25.7 Å². The van der Waals surface area contributed by atoms with Crippen molar-refractivity contribution < 1.29 is 21.1 Å². The molecule has 0 saturated carbocycles. The molecule has 0 N–H and O–H groups in total. The summed E-state index contributed by atoms with van der Waals surface area (Å²) in [7, 11) is 0. The minimum absolute atomic E-state index is 0. The predicted molar refractivity (Wildman–Crippen MR) is 48.2 cm³/mol. The molecule has 0 aromatic rings. The fourth-order valence-corrected chi connectivity index (χ4v) is 0.805. The van der Waals surface area contributed by atoms with Crippen molar-refractivity contribution in [3.8, 4) is 0 Å². The maximum atomic E-state index is 3.18. The largest absolute Gasteiger partial charge is 0.358 e. The van der Waals surface area contributed by atoms with Gasteiger partial charge >= 0.3 is 0 Å². The molecule has 0 amide bonds. The van der Waals surface area contributed by atoms with Crippen LogP contribution in [0.5, 0.6) is 0 Å². The molecule has 1 rings (SSSR count). The Morgan fingerprint density at radius 2 is 1.82 bits per heavy atom. The zero-order valence-electron chi connectivity index (χ0n) is 7.38. The topological polar surface area (TPSA) is 0 Å². The van der Waals surface area contributed by atoms with Crippen molar-refractivity contribution in [1.29, 1.82) is 0 Å². The predicted octanol–water partition coefficient (Wildman–Crippen LogP) is 3.37. The second-order valence-corrected chi connectivity index (χ2v) is 2.04. The fourth-order valence-electron chi connectivity index (χ4n) is 0.805. The van der Waals surface area contributed by atoms with E-state index in [0.29, 0.717) is 0 Å². The SMILES string of the molecule is [C-]1=C/C=C\CCCC1.[CH3-].[CH3-].[Pt]. The van der Waals surface area contributed by atoms with E-state index < -0.39 is 0 Å². The van der Waals surface area contributed by atoms with Crippen molar-refractivity contribution in [3.05, 3.63) is 39.2 Å². The van der Waals surface area contributed by atoms with Gasteiger partial charge in [-0.25, -0.2) is 12.2 Å². The second-order valence-electron chi connectivity index (χ2n) is 2.04. The van der Waals surface area contributed by atoms with E-state index in [-0.39, 0.29) is 35.9 Å². The van der Waals surface area contributed by atoms with Crippen molar-refractivity contribution in [3.63, 3.8) is 0 Å². The quantitative estimate of drug-likeness (QED) is 0.597. The average Bonchev–Trinajstić information content (AvgIpc) is 1.62. The summed E-state index contributed by atoms with van der Waals surface area (Å²) in [6.45, 7) is 0. The first kappa shape index (κ1) is 17.3. The summed E-state index contributed by atoms with van der Waals surface area (Å²) in [5.41, 5.74) is 0. The molecule has 0 saturated heterocycles. The van der Waals surface area contributed by atoms with Gasteiger partial charge in [0, 0.05) is 21.1 Å². The number of rotatable bonds is 0. The Kier molecular flexibility index (Phi) is 20.2. The maximum absolute atomic E-state index is 3.18. The third-order valence-electron chi connectivity index (χ3n) is 1.29. The van der Waals surface area contributed by atoms with Crippen LogP contribution in [0.1, 0.15) is 25.7 Å². The van der Waals surface area contributed by atoms with Gasteiger partial charge in [0.1, 0.15) is 0 Å².